The number of aryl methyl sites for hydroxylation is 1. The summed E-state index contributed by atoms with van der Waals surface area (Å²) >= 11 is 0. The molecule has 1 aromatic rings. The van der Waals surface area contributed by atoms with Gasteiger partial charge >= 0.3 is 0 Å². The molecular weight excluding hydrogens is 342 g/mol. The number of piperidine rings is 1. The minimum atomic E-state index is -0.416. The SMILES string of the molecule is CCc1cc(OC)c(OC)cc1[C@@H]1CC2(OCCO2)[C@@H]2CCCC[C@@H]2N1C. The van der Waals surface area contributed by atoms with E-state index in [0.717, 1.165) is 24.3 Å². The van der Waals surface area contributed by atoms with Crippen LogP contribution >= 0.6 is 0 Å². The predicted octanol–water partition coefficient (Wildman–Crippen LogP) is 3.94. The van der Waals surface area contributed by atoms with Crippen LogP contribution in [0.25, 0.3) is 0 Å². The molecular formula is C22H33NO4. The van der Waals surface area contributed by atoms with Crippen molar-refractivity contribution in [2.24, 2.45) is 5.92 Å². The summed E-state index contributed by atoms with van der Waals surface area (Å²) in [6.45, 7) is 3.63. The Kier molecular flexibility index (Phi) is 5.36. The first-order valence-electron chi connectivity index (χ1n) is 10.4. The van der Waals surface area contributed by atoms with Crippen molar-refractivity contribution < 1.29 is 18.9 Å². The second-order valence-electron chi connectivity index (χ2n) is 8.11. The van der Waals surface area contributed by atoms with Gasteiger partial charge in [0.05, 0.1) is 27.4 Å². The third-order valence-electron chi connectivity index (χ3n) is 6.95. The molecule has 0 unspecified atom stereocenters. The van der Waals surface area contributed by atoms with E-state index in [1.807, 2.05) is 0 Å². The predicted molar refractivity (Wildman–Crippen MR) is 104 cm³/mol. The molecule has 150 valence electrons. The first-order chi connectivity index (χ1) is 13.1. The highest BCUT2D eigenvalue weighted by atomic mass is 16.7. The molecule has 0 N–H and O–H groups in total. The molecule has 3 fully saturated rings. The van der Waals surface area contributed by atoms with Gasteiger partial charge in [-0.15, -0.1) is 0 Å². The molecule has 2 saturated heterocycles. The third kappa shape index (κ3) is 3.14. The number of hydrogen-bond donors (Lipinski definition) is 0. The lowest BCUT2D eigenvalue weighted by molar-refractivity contribution is -0.252. The maximum atomic E-state index is 6.32. The van der Waals surface area contributed by atoms with Gasteiger partial charge in [0.15, 0.2) is 17.3 Å². The highest BCUT2D eigenvalue weighted by Crippen LogP contribution is 2.52. The van der Waals surface area contributed by atoms with Gasteiger partial charge in [0.2, 0.25) is 0 Å². The van der Waals surface area contributed by atoms with E-state index >= 15 is 0 Å². The molecule has 5 nitrogen and oxygen atoms in total. The number of methoxy groups -OCH3 is 2. The first kappa shape index (κ1) is 19.0. The number of fused-ring (bicyclic) bond motifs is 2. The van der Waals surface area contributed by atoms with Crippen LogP contribution in [0.15, 0.2) is 12.1 Å². The average Bonchev–Trinajstić information content (AvgIpc) is 3.19. The second-order valence-corrected chi connectivity index (χ2v) is 8.11. The van der Waals surface area contributed by atoms with Crippen LogP contribution in [-0.2, 0) is 15.9 Å². The topological polar surface area (TPSA) is 40.2 Å². The quantitative estimate of drug-likeness (QED) is 0.797. The lowest BCUT2D eigenvalue weighted by atomic mass is 9.71. The maximum Gasteiger partial charge on any atom is 0.174 e. The molecule has 1 aromatic carbocycles. The van der Waals surface area contributed by atoms with Crippen molar-refractivity contribution in [3.63, 3.8) is 0 Å². The van der Waals surface area contributed by atoms with Crippen molar-refractivity contribution in [1.82, 2.24) is 4.90 Å². The van der Waals surface area contributed by atoms with Crippen molar-refractivity contribution in [3.8, 4) is 11.5 Å². The smallest absolute Gasteiger partial charge is 0.174 e. The number of nitrogens with zero attached hydrogens (tertiary/aromatic N) is 1. The fourth-order valence-electron chi connectivity index (χ4n) is 5.59. The number of hydrogen-bond acceptors (Lipinski definition) is 5. The Balaban J connectivity index is 1.76. The Morgan fingerprint density at radius 2 is 1.74 bits per heavy atom. The molecule has 1 saturated carbocycles. The molecule has 27 heavy (non-hydrogen) atoms. The minimum Gasteiger partial charge on any atom is -0.493 e. The third-order valence-corrected chi connectivity index (χ3v) is 6.95. The average molecular weight is 376 g/mol. The van der Waals surface area contributed by atoms with Gasteiger partial charge in [-0.2, -0.15) is 0 Å². The van der Waals surface area contributed by atoms with Gasteiger partial charge < -0.3 is 18.9 Å². The van der Waals surface area contributed by atoms with Crippen LogP contribution in [0.2, 0.25) is 0 Å². The Hall–Kier alpha value is -1.30. The van der Waals surface area contributed by atoms with Gasteiger partial charge in [0.25, 0.3) is 0 Å². The van der Waals surface area contributed by atoms with Crippen LogP contribution in [0.1, 0.15) is 56.2 Å². The monoisotopic (exact) mass is 375 g/mol. The van der Waals surface area contributed by atoms with E-state index in [0.29, 0.717) is 25.2 Å². The van der Waals surface area contributed by atoms with Crippen LogP contribution in [0.3, 0.4) is 0 Å². The largest absolute Gasteiger partial charge is 0.493 e. The normalized spacial score (nSPS) is 30.3. The fourth-order valence-corrected chi connectivity index (χ4v) is 5.59. The van der Waals surface area contributed by atoms with Gasteiger partial charge in [-0.3, -0.25) is 4.90 Å². The van der Waals surface area contributed by atoms with E-state index in [9.17, 15) is 0 Å². The zero-order chi connectivity index (χ0) is 19.0. The van der Waals surface area contributed by atoms with Crippen molar-refractivity contribution in [2.75, 3.05) is 34.5 Å². The number of rotatable bonds is 4. The van der Waals surface area contributed by atoms with E-state index in [1.54, 1.807) is 14.2 Å². The lowest BCUT2D eigenvalue weighted by Gasteiger charge is -2.54. The molecule has 3 atom stereocenters. The lowest BCUT2D eigenvalue weighted by Crippen LogP contribution is -2.59. The van der Waals surface area contributed by atoms with E-state index in [4.69, 9.17) is 18.9 Å². The van der Waals surface area contributed by atoms with E-state index in [2.05, 4.69) is 31.0 Å². The molecule has 0 radical (unpaired) electrons. The van der Waals surface area contributed by atoms with E-state index in [1.165, 1.54) is 36.8 Å². The van der Waals surface area contributed by atoms with Crippen LogP contribution in [-0.4, -0.2) is 51.2 Å². The Morgan fingerprint density at radius 3 is 2.41 bits per heavy atom. The molecule has 1 aliphatic carbocycles. The number of ether oxygens (including phenoxy) is 4. The maximum absolute atomic E-state index is 6.32. The second kappa shape index (κ2) is 7.61. The van der Waals surface area contributed by atoms with E-state index in [-0.39, 0.29) is 6.04 Å². The first-order valence-corrected chi connectivity index (χ1v) is 10.4. The molecule has 5 heteroatoms. The van der Waals surface area contributed by atoms with Crippen LogP contribution in [0, 0.1) is 5.92 Å². The van der Waals surface area contributed by atoms with Gasteiger partial charge in [-0.05, 0) is 49.6 Å². The summed E-state index contributed by atoms with van der Waals surface area (Å²) in [5.41, 5.74) is 2.63. The molecule has 3 aliphatic rings. The van der Waals surface area contributed by atoms with Crippen molar-refractivity contribution in [2.45, 2.75) is 63.3 Å². The van der Waals surface area contributed by atoms with Crippen LogP contribution in [0.5, 0.6) is 11.5 Å². The van der Waals surface area contributed by atoms with Crippen molar-refractivity contribution in [3.05, 3.63) is 23.3 Å². The van der Waals surface area contributed by atoms with E-state index < -0.39 is 5.79 Å². The zero-order valence-electron chi connectivity index (χ0n) is 17.1. The summed E-state index contributed by atoms with van der Waals surface area (Å²) in [6, 6.07) is 5.08. The van der Waals surface area contributed by atoms with Gasteiger partial charge in [-0.25, -0.2) is 0 Å². The fraction of sp³-hybridized carbons (Fsp3) is 0.727. The Bertz CT molecular complexity index is 671. The summed E-state index contributed by atoms with van der Waals surface area (Å²) in [5, 5.41) is 0. The molecule has 4 rings (SSSR count). The van der Waals surface area contributed by atoms with Crippen molar-refractivity contribution in [1.29, 1.82) is 0 Å². The Morgan fingerprint density at radius 1 is 1.07 bits per heavy atom. The number of likely N-dealkylation sites (tertiary alicyclic amines) is 1. The highest BCUT2D eigenvalue weighted by Gasteiger charge is 2.55. The molecule has 1 spiro atoms. The summed E-state index contributed by atoms with van der Waals surface area (Å²) in [6.07, 6.45) is 6.84. The summed E-state index contributed by atoms with van der Waals surface area (Å²) < 4.78 is 23.8. The molecule has 2 heterocycles. The molecule has 0 amide bonds. The summed E-state index contributed by atoms with van der Waals surface area (Å²) in [4.78, 5) is 2.58. The Labute approximate surface area is 162 Å². The minimum absolute atomic E-state index is 0.261. The van der Waals surface area contributed by atoms with Crippen LogP contribution in [0.4, 0.5) is 0 Å². The highest BCUT2D eigenvalue weighted by molar-refractivity contribution is 5.49. The number of benzene rings is 1. The summed E-state index contributed by atoms with van der Waals surface area (Å²) in [5.74, 6) is 1.65. The van der Waals surface area contributed by atoms with Gasteiger partial charge in [0.1, 0.15) is 0 Å². The van der Waals surface area contributed by atoms with Gasteiger partial charge in [-0.1, -0.05) is 19.8 Å². The molecule has 0 bridgehead atoms. The molecule has 0 aromatic heterocycles. The van der Waals surface area contributed by atoms with Crippen molar-refractivity contribution >= 4 is 0 Å². The van der Waals surface area contributed by atoms with Crippen LogP contribution < -0.4 is 9.47 Å². The molecule has 2 aliphatic heterocycles. The zero-order valence-corrected chi connectivity index (χ0v) is 17.1. The summed E-state index contributed by atoms with van der Waals surface area (Å²) in [7, 11) is 5.69. The van der Waals surface area contributed by atoms with Gasteiger partial charge in [0, 0.05) is 24.4 Å². The standard InChI is InChI=1S/C22H33NO4/c1-5-15-12-20(24-3)21(25-4)13-16(15)19-14-22(26-10-11-27-22)17-8-6-7-9-18(17)23(19)2/h12-13,17-19H,5-11,14H2,1-4H3/t17-,18+,19+/m1/s1.